The molecule has 0 unspecified atom stereocenters. The minimum absolute atomic E-state index is 0.162. The molecule has 9 nitrogen and oxygen atoms in total. The third-order valence-electron chi connectivity index (χ3n) is 6.57. The summed E-state index contributed by atoms with van der Waals surface area (Å²) >= 11 is 2.44. The van der Waals surface area contributed by atoms with Crippen molar-refractivity contribution in [2.24, 2.45) is 0 Å². The van der Waals surface area contributed by atoms with Gasteiger partial charge in [-0.2, -0.15) is 15.0 Å². The summed E-state index contributed by atoms with van der Waals surface area (Å²) in [5.41, 5.74) is 0.942. The maximum Gasteiger partial charge on any atom is 0.233 e. The van der Waals surface area contributed by atoms with E-state index in [4.69, 9.17) is 19.4 Å². The van der Waals surface area contributed by atoms with E-state index in [1.165, 1.54) is 10.8 Å². The smallest absolute Gasteiger partial charge is 0.233 e. The van der Waals surface area contributed by atoms with E-state index >= 15 is 0 Å². The number of hydrogen-bond donors (Lipinski definition) is 2. The Morgan fingerprint density at radius 2 is 1.74 bits per heavy atom. The van der Waals surface area contributed by atoms with Gasteiger partial charge in [0.1, 0.15) is 0 Å². The number of anilines is 4. The highest BCUT2D eigenvalue weighted by Gasteiger charge is 2.24. The second-order valence-corrected chi connectivity index (χ2v) is 9.62. The number of hydrogen-bond acceptors (Lipinski definition) is 9. The first-order chi connectivity index (χ1) is 17.2. The first-order valence-corrected chi connectivity index (χ1v) is 13.7. The van der Waals surface area contributed by atoms with Gasteiger partial charge in [0, 0.05) is 44.8 Å². The lowest BCUT2D eigenvalue weighted by atomic mass is 10.0. The zero-order chi connectivity index (χ0) is 24.0. The zero-order valence-electron chi connectivity index (χ0n) is 20.0. The molecule has 10 heteroatoms. The highest BCUT2D eigenvalue weighted by atomic mass is 127. The van der Waals surface area contributed by atoms with Crippen LogP contribution in [0.1, 0.15) is 19.3 Å². The van der Waals surface area contributed by atoms with E-state index in [0.717, 1.165) is 42.6 Å². The third-order valence-corrected chi connectivity index (χ3v) is 7.54. The van der Waals surface area contributed by atoms with Gasteiger partial charge in [-0.05, 0) is 35.7 Å². The van der Waals surface area contributed by atoms with Crippen LogP contribution in [-0.2, 0) is 9.47 Å². The van der Waals surface area contributed by atoms with E-state index in [2.05, 4.69) is 85.4 Å². The summed E-state index contributed by atoms with van der Waals surface area (Å²) in [4.78, 5) is 18.9. The minimum Gasteiger partial charge on any atom is -0.354 e. The van der Waals surface area contributed by atoms with Gasteiger partial charge in [0.15, 0.2) is 6.29 Å². The van der Waals surface area contributed by atoms with Crippen molar-refractivity contribution in [2.45, 2.75) is 31.6 Å². The topological polar surface area (TPSA) is 87.7 Å². The van der Waals surface area contributed by atoms with Crippen LogP contribution in [-0.4, -0.2) is 76.6 Å². The van der Waals surface area contributed by atoms with Gasteiger partial charge in [-0.25, -0.2) is 0 Å². The Kier molecular flexibility index (Phi) is 8.12. The molecule has 3 aromatic rings. The van der Waals surface area contributed by atoms with Gasteiger partial charge in [-0.1, -0.05) is 52.9 Å². The summed E-state index contributed by atoms with van der Waals surface area (Å²) in [6, 6.07) is 15.0. The average molecular weight is 589 g/mol. The maximum absolute atomic E-state index is 5.55. The molecule has 2 saturated heterocycles. The lowest BCUT2D eigenvalue weighted by Crippen LogP contribution is -2.43. The lowest BCUT2D eigenvalue weighted by Gasteiger charge is -2.36. The van der Waals surface area contributed by atoms with Crippen molar-refractivity contribution in [3.63, 3.8) is 0 Å². The molecule has 35 heavy (non-hydrogen) atoms. The Bertz CT molecular complexity index is 1120. The molecule has 2 aliphatic rings. The van der Waals surface area contributed by atoms with Crippen LogP contribution < -0.4 is 15.5 Å². The molecule has 2 N–H and O–H groups in total. The van der Waals surface area contributed by atoms with Crippen LogP contribution in [0, 0.1) is 0 Å². The number of ether oxygens (including phenoxy) is 2. The van der Waals surface area contributed by atoms with Gasteiger partial charge in [-0.3, -0.25) is 4.90 Å². The first-order valence-electron chi connectivity index (χ1n) is 12.2. The number of piperidine rings is 1. The summed E-state index contributed by atoms with van der Waals surface area (Å²) in [6.07, 6.45) is 2.76. The molecule has 5 rings (SSSR count). The standard InChI is InChI=1S/C25H32IN7O2/c1-32(21-9-12-33(17-26)13-10-21)25-30-23(27-11-8-22-34-14-15-35-22)29-24(31-25)28-20-7-6-18-4-2-3-5-19(18)16-20/h2-7,16,21-22H,8-15,17H2,1H3,(H2,27,28,29,30,31). The van der Waals surface area contributed by atoms with Crippen molar-refractivity contribution >= 4 is 56.9 Å². The number of nitrogens with one attached hydrogen (secondary N) is 2. The van der Waals surface area contributed by atoms with Crippen molar-refractivity contribution in [3.05, 3.63) is 42.5 Å². The number of benzene rings is 2. The molecule has 0 amide bonds. The monoisotopic (exact) mass is 589 g/mol. The summed E-state index contributed by atoms with van der Waals surface area (Å²) < 4.78 is 12.2. The zero-order valence-corrected chi connectivity index (χ0v) is 22.1. The van der Waals surface area contributed by atoms with E-state index in [-0.39, 0.29) is 6.29 Å². The van der Waals surface area contributed by atoms with Gasteiger partial charge in [0.05, 0.1) is 17.8 Å². The van der Waals surface area contributed by atoms with Crippen LogP contribution >= 0.6 is 22.6 Å². The molecule has 3 heterocycles. The van der Waals surface area contributed by atoms with E-state index in [0.29, 0.717) is 43.6 Å². The third kappa shape index (κ3) is 6.29. The number of likely N-dealkylation sites (tertiary alicyclic amines) is 1. The van der Waals surface area contributed by atoms with Crippen LogP contribution in [0.25, 0.3) is 10.8 Å². The molecule has 1 aromatic heterocycles. The summed E-state index contributed by atoms with van der Waals surface area (Å²) in [6.45, 7) is 4.15. The fourth-order valence-corrected chi connectivity index (χ4v) is 5.20. The Balaban J connectivity index is 1.35. The predicted octanol–water partition coefficient (Wildman–Crippen LogP) is 4.24. The highest BCUT2D eigenvalue weighted by Crippen LogP contribution is 2.25. The fraction of sp³-hybridized carbons (Fsp3) is 0.480. The number of rotatable bonds is 9. The van der Waals surface area contributed by atoms with Crippen LogP contribution in [0.5, 0.6) is 0 Å². The van der Waals surface area contributed by atoms with E-state index in [9.17, 15) is 0 Å². The molecule has 0 saturated carbocycles. The van der Waals surface area contributed by atoms with Crippen molar-refractivity contribution in [3.8, 4) is 0 Å². The fourth-order valence-electron chi connectivity index (χ4n) is 4.52. The number of fused-ring (bicyclic) bond motifs is 1. The Morgan fingerprint density at radius 3 is 2.51 bits per heavy atom. The van der Waals surface area contributed by atoms with E-state index in [1.807, 2.05) is 12.1 Å². The van der Waals surface area contributed by atoms with Crippen molar-refractivity contribution in [1.82, 2.24) is 19.9 Å². The molecule has 2 aromatic carbocycles. The number of halogens is 1. The number of alkyl halides is 1. The van der Waals surface area contributed by atoms with Gasteiger partial charge < -0.3 is 25.0 Å². The van der Waals surface area contributed by atoms with Crippen molar-refractivity contribution in [1.29, 1.82) is 0 Å². The van der Waals surface area contributed by atoms with Gasteiger partial charge in [-0.15, -0.1) is 0 Å². The van der Waals surface area contributed by atoms with Crippen LogP contribution in [0.3, 0.4) is 0 Å². The first kappa shape index (κ1) is 24.4. The molecule has 0 atom stereocenters. The van der Waals surface area contributed by atoms with Gasteiger partial charge in [0.25, 0.3) is 0 Å². The van der Waals surface area contributed by atoms with E-state index in [1.54, 1.807) is 0 Å². The Labute approximate surface area is 219 Å². The normalized spacial score (nSPS) is 17.7. The molecule has 186 valence electrons. The quantitative estimate of drug-likeness (QED) is 0.216. The van der Waals surface area contributed by atoms with Crippen LogP contribution in [0.15, 0.2) is 42.5 Å². The largest absolute Gasteiger partial charge is 0.354 e. The van der Waals surface area contributed by atoms with Gasteiger partial charge in [0.2, 0.25) is 17.8 Å². The molecule has 0 aliphatic carbocycles. The molecular formula is C25H32IN7O2. The average Bonchev–Trinajstić information content (AvgIpc) is 3.42. The van der Waals surface area contributed by atoms with Crippen LogP contribution in [0.2, 0.25) is 0 Å². The summed E-state index contributed by atoms with van der Waals surface area (Å²) in [5.74, 6) is 1.75. The predicted molar refractivity (Wildman–Crippen MR) is 148 cm³/mol. The highest BCUT2D eigenvalue weighted by molar-refractivity contribution is 14.1. The van der Waals surface area contributed by atoms with E-state index < -0.39 is 0 Å². The second kappa shape index (κ2) is 11.6. The van der Waals surface area contributed by atoms with Crippen LogP contribution in [0.4, 0.5) is 23.5 Å². The second-order valence-electron chi connectivity index (χ2n) is 8.94. The lowest BCUT2D eigenvalue weighted by molar-refractivity contribution is -0.0439. The minimum atomic E-state index is -0.162. The SMILES string of the molecule is CN(c1nc(NCCC2OCCO2)nc(Nc2ccc3ccccc3c2)n1)C1CCN(CI)CC1. The molecule has 0 bridgehead atoms. The Morgan fingerprint density at radius 1 is 1.00 bits per heavy atom. The molecular weight excluding hydrogens is 557 g/mol. The van der Waals surface area contributed by atoms with Crippen molar-refractivity contribution < 1.29 is 9.47 Å². The molecule has 2 fully saturated rings. The number of nitrogens with zero attached hydrogens (tertiary/aromatic N) is 5. The van der Waals surface area contributed by atoms with Crippen molar-refractivity contribution in [2.75, 3.05) is 60.0 Å². The molecule has 0 radical (unpaired) electrons. The maximum atomic E-state index is 5.55. The number of aromatic nitrogens is 3. The summed E-state index contributed by atoms with van der Waals surface area (Å²) in [5, 5.41) is 9.11. The molecule has 0 spiro atoms. The molecule has 2 aliphatic heterocycles. The van der Waals surface area contributed by atoms with Gasteiger partial charge >= 0.3 is 0 Å². The Hall–Kier alpha value is -2.28. The summed E-state index contributed by atoms with van der Waals surface area (Å²) in [7, 11) is 2.09.